The molecule has 4 rings (SSSR count). The van der Waals surface area contributed by atoms with Crippen molar-refractivity contribution in [2.24, 2.45) is 7.05 Å². The van der Waals surface area contributed by atoms with Gasteiger partial charge in [-0.3, -0.25) is 14.4 Å². The second-order valence-corrected chi connectivity index (χ2v) is 6.75. The maximum Gasteiger partial charge on any atom is 0.317 e. The molecule has 3 aromatic heterocycles. The average molecular weight is 355 g/mol. The zero-order valence-electron chi connectivity index (χ0n) is 14.5. The van der Waals surface area contributed by atoms with Gasteiger partial charge in [0.05, 0.1) is 18.9 Å². The van der Waals surface area contributed by atoms with Crippen LogP contribution in [0.25, 0.3) is 16.8 Å². The molecule has 3 N–H and O–H groups in total. The molecule has 0 aliphatic carbocycles. The predicted octanol–water partition coefficient (Wildman–Crippen LogP) is 0.976. The first-order valence-corrected chi connectivity index (χ1v) is 8.58. The molecule has 0 radical (unpaired) electrons. The number of likely N-dealkylation sites (tertiary alicyclic amines) is 1. The van der Waals surface area contributed by atoms with Crippen LogP contribution in [0.2, 0.25) is 0 Å². The second-order valence-electron chi connectivity index (χ2n) is 6.75. The predicted molar refractivity (Wildman–Crippen MR) is 95.7 cm³/mol. The van der Waals surface area contributed by atoms with Crippen LogP contribution in [0, 0.1) is 0 Å². The van der Waals surface area contributed by atoms with Gasteiger partial charge < -0.3 is 10.8 Å². The summed E-state index contributed by atoms with van der Waals surface area (Å²) in [5.41, 5.74) is 9.71. The fourth-order valence-electron chi connectivity index (χ4n) is 3.56. The molecule has 0 spiro atoms. The lowest BCUT2D eigenvalue weighted by Crippen LogP contribution is -2.36. The SMILES string of the molecule is Cn1cc(-c2cnn3c(N)cc(C4CCN(CC(=O)O)CC4)nc23)cn1. The minimum absolute atomic E-state index is 0.0924. The normalized spacial score (nSPS) is 16.3. The molecule has 4 heterocycles. The number of hydrogen-bond donors (Lipinski definition) is 2. The standard InChI is InChI=1S/C17H21N7O2/c1-22-9-12(7-19-22)13-8-20-24-15(18)6-14(21-17(13)24)11-2-4-23(5-3-11)10-16(25)26/h6-9,11H,2-5,10,18H2,1H3,(H,25,26). The Hall–Kier alpha value is -2.94. The number of nitrogens with zero attached hydrogens (tertiary/aromatic N) is 6. The summed E-state index contributed by atoms with van der Waals surface area (Å²) < 4.78 is 3.38. The first-order chi connectivity index (χ1) is 12.5. The Labute approximate surface area is 150 Å². The van der Waals surface area contributed by atoms with Crippen LogP contribution in [-0.4, -0.2) is 60.0 Å². The van der Waals surface area contributed by atoms with Crippen LogP contribution >= 0.6 is 0 Å². The van der Waals surface area contributed by atoms with E-state index in [2.05, 4.69) is 10.2 Å². The lowest BCUT2D eigenvalue weighted by molar-refractivity contribution is -0.138. The molecule has 0 bridgehead atoms. The minimum Gasteiger partial charge on any atom is -0.480 e. The first kappa shape index (κ1) is 16.5. The number of carboxylic acid groups (broad SMARTS) is 1. The second kappa shape index (κ2) is 6.41. The van der Waals surface area contributed by atoms with Crippen molar-refractivity contribution >= 4 is 17.4 Å². The number of fused-ring (bicyclic) bond motifs is 1. The highest BCUT2D eigenvalue weighted by molar-refractivity contribution is 5.77. The molecule has 136 valence electrons. The van der Waals surface area contributed by atoms with Crippen molar-refractivity contribution in [3.05, 3.63) is 30.4 Å². The summed E-state index contributed by atoms with van der Waals surface area (Å²) in [6.07, 6.45) is 7.20. The highest BCUT2D eigenvalue weighted by Gasteiger charge is 2.24. The summed E-state index contributed by atoms with van der Waals surface area (Å²) >= 11 is 0. The van der Waals surface area contributed by atoms with Crippen molar-refractivity contribution in [1.29, 1.82) is 0 Å². The number of aromatic nitrogens is 5. The molecule has 0 unspecified atom stereocenters. The quantitative estimate of drug-likeness (QED) is 0.717. The van der Waals surface area contributed by atoms with E-state index in [-0.39, 0.29) is 12.5 Å². The third-order valence-corrected chi connectivity index (χ3v) is 4.90. The van der Waals surface area contributed by atoms with E-state index < -0.39 is 5.97 Å². The van der Waals surface area contributed by atoms with E-state index in [4.69, 9.17) is 15.8 Å². The Balaban J connectivity index is 1.64. The molecule has 26 heavy (non-hydrogen) atoms. The van der Waals surface area contributed by atoms with Crippen LogP contribution in [-0.2, 0) is 11.8 Å². The molecule has 1 aliphatic heterocycles. The van der Waals surface area contributed by atoms with Gasteiger partial charge in [-0.25, -0.2) is 4.98 Å². The Kier molecular flexibility index (Phi) is 4.08. The number of nitrogens with two attached hydrogens (primary N) is 1. The summed E-state index contributed by atoms with van der Waals surface area (Å²) in [5, 5.41) is 17.5. The number of aliphatic carboxylic acids is 1. The topological polar surface area (TPSA) is 115 Å². The lowest BCUT2D eigenvalue weighted by atomic mass is 9.93. The number of aryl methyl sites for hydroxylation is 1. The zero-order valence-corrected chi connectivity index (χ0v) is 14.5. The highest BCUT2D eigenvalue weighted by Crippen LogP contribution is 2.30. The summed E-state index contributed by atoms with van der Waals surface area (Å²) in [7, 11) is 1.87. The number of carboxylic acids is 1. The van der Waals surface area contributed by atoms with Gasteiger partial charge in [0.1, 0.15) is 5.82 Å². The van der Waals surface area contributed by atoms with Crippen molar-refractivity contribution in [3.8, 4) is 11.1 Å². The third kappa shape index (κ3) is 3.01. The summed E-state index contributed by atoms with van der Waals surface area (Å²) in [4.78, 5) is 17.7. The van der Waals surface area contributed by atoms with Crippen LogP contribution in [0.4, 0.5) is 5.82 Å². The van der Waals surface area contributed by atoms with Crippen molar-refractivity contribution < 1.29 is 9.90 Å². The first-order valence-electron chi connectivity index (χ1n) is 8.58. The molecule has 0 aromatic carbocycles. The summed E-state index contributed by atoms with van der Waals surface area (Å²) in [6.45, 7) is 1.59. The van der Waals surface area contributed by atoms with Crippen molar-refractivity contribution in [2.75, 3.05) is 25.4 Å². The Morgan fingerprint density at radius 2 is 2.08 bits per heavy atom. The minimum atomic E-state index is -0.785. The Morgan fingerprint density at radius 1 is 1.31 bits per heavy atom. The fraction of sp³-hybridized carbons (Fsp3) is 0.412. The van der Waals surface area contributed by atoms with Crippen molar-refractivity contribution in [3.63, 3.8) is 0 Å². The van der Waals surface area contributed by atoms with Crippen LogP contribution in [0.5, 0.6) is 0 Å². The van der Waals surface area contributed by atoms with E-state index in [0.29, 0.717) is 5.82 Å². The van der Waals surface area contributed by atoms with Gasteiger partial charge in [-0.2, -0.15) is 14.7 Å². The Bertz CT molecular complexity index is 953. The fourth-order valence-corrected chi connectivity index (χ4v) is 3.56. The van der Waals surface area contributed by atoms with E-state index in [1.807, 2.05) is 24.2 Å². The molecule has 0 atom stereocenters. The molecular formula is C17H21N7O2. The van der Waals surface area contributed by atoms with Crippen LogP contribution in [0.3, 0.4) is 0 Å². The summed E-state index contributed by atoms with van der Waals surface area (Å²) in [5.74, 6) is 0.0321. The molecular weight excluding hydrogens is 334 g/mol. The van der Waals surface area contributed by atoms with Gasteiger partial charge in [-0.1, -0.05) is 0 Å². The van der Waals surface area contributed by atoms with Crippen LogP contribution in [0.15, 0.2) is 24.7 Å². The average Bonchev–Trinajstić information content (AvgIpc) is 3.21. The molecule has 1 saturated heterocycles. The van der Waals surface area contributed by atoms with Crippen LogP contribution in [0.1, 0.15) is 24.5 Å². The van der Waals surface area contributed by atoms with E-state index in [0.717, 1.165) is 48.4 Å². The molecule has 3 aromatic rings. The monoisotopic (exact) mass is 355 g/mol. The summed E-state index contributed by atoms with van der Waals surface area (Å²) in [6, 6.07) is 1.88. The van der Waals surface area contributed by atoms with Crippen LogP contribution < -0.4 is 5.73 Å². The molecule has 1 fully saturated rings. The Morgan fingerprint density at radius 3 is 2.73 bits per heavy atom. The lowest BCUT2D eigenvalue weighted by Gasteiger charge is -2.30. The van der Waals surface area contributed by atoms with E-state index >= 15 is 0 Å². The highest BCUT2D eigenvalue weighted by atomic mass is 16.4. The van der Waals surface area contributed by atoms with E-state index in [1.165, 1.54) is 0 Å². The number of hydrogen-bond acceptors (Lipinski definition) is 6. The number of nitrogen functional groups attached to an aromatic ring is 1. The molecule has 0 saturated carbocycles. The molecule has 9 nitrogen and oxygen atoms in total. The third-order valence-electron chi connectivity index (χ3n) is 4.90. The number of anilines is 1. The number of rotatable bonds is 4. The number of piperidine rings is 1. The molecule has 1 aliphatic rings. The van der Waals surface area contributed by atoms with Gasteiger partial charge in [-0.05, 0) is 25.9 Å². The van der Waals surface area contributed by atoms with Gasteiger partial charge in [0.25, 0.3) is 0 Å². The van der Waals surface area contributed by atoms with Gasteiger partial charge >= 0.3 is 5.97 Å². The van der Waals surface area contributed by atoms with E-state index in [1.54, 1.807) is 21.6 Å². The maximum absolute atomic E-state index is 10.9. The molecule has 0 amide bonds. The van der Waals surface area contributed by atoms with Gasteiger partial charge in [-0.15, -0.1) is 0 Å². The number of carbonyl (C=O) groups is 1. The molecule has 9 heteroatoms. The van der Waals surface area contributed by atoms with Gasteiger partial charge in [0, 0.05) is 42.0 Å². The maximum atomic E-state index is 10.9. The smallest absolute Gasteiger partial charge is 0.317 e. The zero-order chi connectivity index (χ0) is 18.3. The van der Waals surface area contributed by atoms with Gasteiger partial charge in [0.2, 0.25) is 0 Å². The van der Waals surface area contributed by atoms with Crippen molar-refractivity contribution in [2.45, 2.75) is 18.8 Å². The largest absolute Gasteiger partial charge is 0.480 e. The van der Waals surface area contributed by atoms with Crippen molar-refractivity contribution in [1.82, 2.24) is 29.3 Å². The van der Waals surface area contributed by atoms with E-state index in [9.17, 15) is 4.79 Å². The van der Waals surface area contributed by atoms with Gasteiger partial charge in [0.15, 0.2) is 5.65 Å².